The zero-order chi connectivity index (χ0) is 9.78. The average Bonchev–Trinajstić information content (AvgIpc) is 2.70. The maximum absolute atomic E-state index is 5.13. The summed E-state index contributed by atoms with van der Waals surface area (Å²) in [6, 6.07) is 0. The molecule has 0 aromatic rings. The molecule has 0 aromatic carbocycles. The Morgan fingerprint density at radius 1 is 1.00 bits per heavy atom. The van der Waals surface area contributed by atoms with Crippen LogP contribution in [0.3, 0.4) is 0 Å². The summed E-state index contributed by atoms with van der Waals surface area (Å²) < 4.78 is 0. The molecule has 0 aromatic heterocycles. The lowest BCUT2D eigenvalue weighted by atomic mass is 10.2. The minimum absolute atomic E-state index is 1.14. The van der Waals surface area contributed by atoms with Crippen LogP contribution in [-0.2, 0) is 0 Å². The molecule has 0 unspecified atom stereocenters. The van der Waals surface area contributed by atoms with E-state index < -0.39 is 0 Å². The summed E-state index contributed by atoms with van der Waals surface area (Å²) in [6.07, 6.45) is 16.2. The van der Waals surface area contributed by atoms with E-state index in [4.69, 9.17) is 5.73 Å². The molecule has 1 saturated carbocycles. The van der Waals surface area contributed by atoms with Crippen molar-refractivity contribution in [3.05, 3.63) is 12.3 Å². The van der Waals surface area contributed by atoms with Gasteiger partial charge in [0.15, 0.2) is 0 Å². The van der Waals surface area contributed by atoms with Gasteiger partial charge >= 0.3 is 0 Å². The van der Waals surface area contributed by atoms with Crippen LogP contribution in [0.4, 0.5) is 0 Å². The van der Waals surface area contributed by atoms with Gasteiger partial charge in [0.1, 0.15) is 0 Å². The van der Waals surface area contributed by atoms with Crippen LogP contribution in [0.2, 0.25) is 0 Å². The number of hydrogen-bond acceptors (Lipinski definition) is 1. The van der Waals surface area contributed by atoms with Crippen LogP contribution in [0.25, 0.3) is 0 Å². The first-order chi connectivity index (χ1) is 6.41. The smallest absolute Gasteiger partial charge is 0.0103 e. The van der Waals surface area contributed by atoms with E-state index in [0.717, 1.165) is 6.42 Å². The molecule has 13 heavy (non-hydrogen) atoms. The molecule has 0 heterocycles. The van der Waals surface area contributed by atoms with Crippen molar-refractivity contribution in [2.75, 3.05) is 0 Å². The maximum Gasteiger partial charge on any atom is -0.0103 e. The van der Waals surface area contributed by atoms with Crippen molar-refractivity contribution in [3.63, 3.8) is 0 Å². The lowest BCUT2D eigenvalue weighted by Gasteiger charge is -1.88. The van der Waals surface area contributed by atoms with Crippen LogP contribution in [0.15, 0.2) is 12.3 Å². The normalized spacial score (nSPS) is 15.8. The second-order valence-corrected chi connectivity index (χ2v) is 3.69. The van der Waals surface area contributed by atoms with E-state index in [9.17, 15) is 0 Å². The summed E-state index contributed by atoms with van der Waals surface area (Å²) in [4.78, 5) is 0. The lowest BCUT2D eigenvalue weighted by molar-refractivity contribution is 0.729. The van der Waals surface area contributed by atoms with Crippen LogP contribution >= 0.6 is 0 Å². The first-order valence-corrected chi connectivity index (χ1v) is 5.78. The van der Waals surface area contributed by atoms with Crippen LogP contribution < -0.4 is 5.73 Å². The van der Waals surface area contributed by atoms with Crippen molar-refractivity contribution >= 4 is 0 Å². The number of rotatable bonds is 4. The molecule has 1 heteroatoms. The number of unbranched alkanes of at least 4 members (excludes halogenated alkanes) is 3. The van der Waals surface area contributed by atoms with Crippen molar-refractivity contribution in [2.24, 2.45) is 5.73 Å². The molecule has 0 saturated heterocycles. The van der Waals surface area contributed by atoms with Gasteiger partial charge in [0.05, 0.1) is 0 Å². The first kappa shape index (κ1) is 12.5. The maximum atomic E-state index is 5.13. The molecule has 78 valence electrons. The van der Waals surface area contributed by atoms with Gasteiger partial charge in [-0.3, -0.25) is 0 Å². The Kier molecular flexibility index (Phi) is 11.1. The van der Waals surface area contributed by atoms with Crippen molar-refractivity contribution in [1.82, 2.24) is 0 Å². The molecule has 0 aliphatic heterocycles. The number of hydrogen-bond donors (Lipinski definition) is 1. The molecule has 0 radical (unpaired) electrons. The van der Waals surface area contributed by atoms with Gasteiger partial charge in [-0.25, -0.2) is 0 Å². The van der Waals surface area contributed by atoms with E-state index in [-0.39, 0.29) is 0 Å². The molecule has 2 N–H and O–H groups in total. The minimum Gasteiger partial charge on any atom is -0.405 e. The Morgan fingerprint density at radius 3 is 1.92 bits per heavy atom. The van der Waals surface area contributed by atoms with Gasteiger partial charge < -0.3 is 5.73 Å². The third-order valence-corrected chi connectivity index (χ3v) is 2.36. The Hall–Kier alpha value is -0.460. The average molecular weight is 183 g/mol. The molecular weight excluding hydrogens is 158 g/mol. The third kappa shape index (κ3) is 11.5. The van der Waals surface area contributed by atoms with Crippen LogP contribution in [0.5, 0.6) is 0 Å². The summed E-state index contributed by atoms with van der Waals surface area (Å²) in [7, 11) is 0. The largest absolute Gasteiger partial charge is 0.405 e. The zero-order valence-electron chi connectivity index (χ0n) is 9.10. The summed E-state index contributed by atoms with van der Waals surface area (Å²) in [5.41, 5.74) is 5.13. The van der Waals surface area contributed by atoms with Crippen LogP contribution in [0.1, 0.15) is 64.7 Å². The Bertz CT molecular complexity index is 96.1. The summed E-state index contributed by atoms with van der Waals surface area (Å²) in [5.74, 6) is 0. The standard InChI is InChI=1S/C7H15N.C5H10/c1-2-3-4-5-6-7-8;1-2-4-5-3-1/h6-7H,2-5,8H2,1H3;1-5H2/b7-6+;. The molecule has 1 nitrogen and oxygen atoms in total. The van der Waals surface area contributed by atoms with E-state index in [0.29, 0.717) is 0 Å². The molecule has 1 fully saturated rings. The SMILES string of the molecule is C1CCCC1.CCCCC/C=C/N. The predicted octanol–water partition coefficient (Wildman–Crippen LogP) is 3.99. The highest BCUT2D eigenvalue weighted by molar-refractivity contribution is 4.74. The van der Waals surface area contributed by atoms with Gasteiger partial charge in [-0.2, -0.15) is 0 Å². The van der Waals surface area contributed by atoms with Gasteiger partial charge in [-0.15, -0.1) is 0 Å². The van der Waals surface area contributed by atoms with Crippen molar-refractivity contribution in [3.8, 4) is 0 Å². The van der Waals surface area contributed by atoms with Crippen LogP contribution in [0, 0.1) is 0 Å². The van der Waals surface area contributed by atoms with Crippen molar-refractivity contribution in [2.45, 2.75) is 64.7 Å². The Morgan fingerprint density at radius 2 is 1.54 bits per heavy atom. The Balaban J connectivity index is 0.000000243. The van der Waals surface area contributed by atoms with E-state index in [2.05, 4.69) is 6.92 Å². The molecule has 0 atom stereocenters. The predicted molar refractivity (Wildman–Crippen MR) is 60.6 cm³/mol. The fourth-order valence-electron chi connectivity index (χ4n) is 1.49. The molecular formula is C12H25N. The van der Waals surface area contributed by atoms with E-state index >= 15 is 0 Å². The molecule has 1 aliphatic rings. The van der Waals surface area contributed by atoms with E-state index in [1.807, 2.05) is 6.08 Å². The fourth-order valence-corrected chi connectivity index (χ4v) is 1.49. The molecule has 0 bridgehead atoms. The topological polar surface area (TPSA) is 26.0 Å². The van der Waals surface area contributed by atoms with Gasteiger partial charge in [0.2, 0.25) is 0 Å². The highest BCUT2D eigenvalue weighted by Gasteiger charge is 1.95. The molecule has 0 spiro atoms. The highest BCUT2D eigenvalue weighted by Crippen LogP contribution is 2.15. The van der Waals surface area contributed by atoms with Gasteiger partial charge in [0.25, 0.3) is 0 Å². The van der Waals surface area contributed by atoms with Gasteiger partial charge in [-0.1, -0.05) is 57.9 Å². The first-order valence-electron chi connectivity index (χ1n) is 5.78. The van der Waals surface area contributed by atoms with Crippen LogP contribution in [-0.4, -0.2) is 0 Å². The highest BCUT2D eigenvalue weighted by atomic mass is 14.5. The summed E-state index contributed by atoms with van der Waals surface area (Å²) in [6.45, 7) is 2.20. The molecule has 1 rings (SSSR count). The minimum atomic E-state index is 1.14. The Labute approximate surface area is 83.4 Å². The quantitative estimate of drug-likeness (QED) is 0.655. The zero-order valence-corrected chi connectivity index (χ0v) is 9.10. The van der Waals surface area contributed by atoms with E-state index in [1.54, 1.807) is 6.20 Å². The van der Waals surface area contributed by atoms with E-state index in [1.165, 1.54) is 51.4 Å². The number of nitrogens with two attached hydrogens (primary N) is 1. The molecule has 0 amide bonds. The second-order valence-electron chi connectivity index (χ2n) is 3.69. The summed E-state index contributed by atoms with van der Waals surface area (Å²) >= 11 is 0. The van der Waals surface area contributed by atoms with Gasteiger partial charge in [-0.05, 0) is 19.0 Å². The second kappa shape index (κ2) is 11.5. The molecule has 1 aliphatic carbocycles. The monoisotopic (exact) mass is 183 g/mol. The number of allylic oxidation sites excluding steroid dienone is 1. The lowest BCUT2D eigenvalue weighted by Crippen LogP contribution is -1.76. The van der Waals surface area contributed by atoms with Crippen molar-refractivity contribution < 1.29 is 0 Å². The third-order valence-electron chi connectivity index (χ3n) is 2.36. The van der Waals surface area contributed by atoms with Crippen molar-refractivity contribution in [1.29, 1.82) is 0 Å². The van der Waals surface area contributed by atoms with Gasteiger partial charge in [0, 0.05) is 0 Å². The fraction of sp³-hybridized carbons (Fsp3) is 0.833. The summed E-state index contributed by atoms with van der Waals surface area (Å²) in [5, 5.41) is 0.